The molecule has 67 heavy (non-hydrogen) atoms. The van der Waals surface area contributed by atoms with E-state index in [0.29, 0.717) is 24.0 Å². The van der Waals surface area contributed by atoms with Crippen LogP contribution in [0.25, 0.3) is 0 Å². The maximum absolute atomic E-state index is 14.5. The summed E-state index contributed by atoms with van der Waals surface area (Å²) in [6.07, 6.45) is 0.511. The molecule has 1 heterocycles. The van der Waals surface area contributed by atoms with Gasteiger partial charge in [-0.25, -0.2) is 0 Å². The molecule has 9 N–H and O–H groups in total. The number of carbonyl (C=O) groups excluding carboxylic acids is 8. The number of primary amides is 1. The van der Waals surface area contributed by atoms with Gasteiger partial charge in [0.2, 0.25) is 47.3 Å². The number of hydrogen-bond donors (Lipinski definition) is 8. The molecule has 0 radical (unpaired) electrons. The van der Waals surface area contributed by atoms with Gasteiger partial charge in [0, 0.05) is 25.8 Å². The van der Waals surface area contributed by atoms with Crippen LogP contribution in [-0.4, -0.2) is 112 Å². The van der Waals surface area contributed by atoms with E-state index in [0.717, 1.165) is 0 Å². The SMILES string of the molecule is CC(C)CC(NC(=O)C(NC(=O)C(Cc1ccccc1)NC(=O)C(Cc1ccccc1)NC(=O)C1CCCN1C(=O)C(CC(C)C)NC(=O)C(NC(=O)CCC(=O)O)C(C)C)C(C)C)C(N)=O. The van der Waals surface area contributed by atoms with Crippen molar-refractivity contribution in [3.63, 3.8) is 0 Å². The highest BCUT2D eigenvalue weighted by atomic mass is 16.4. The van der Waals surface area contributed by atoms with Gasteiger partial charge in [0.1, 0.15) is 42.3 Å². The standard InChI is InChI=1S/C49H72N8O10/c1-28(2)24-34(43(50)61)51-48(66)42(31(7)8)56-45(63)36(27-33-18-13-10-14-19-33)52-44(62)35(26-32-16-11-9-12-17-32)53-46(64)38-20-15-23-57(38)49(67)37(25-29(3)4)54-47(65)41(30(5)6)55-39(58)21-22-40(59)60/h9-14,16-19,28-31,34-38,41-42H,15,20-27H2,1-8H3,(H2,50,61)(H,51,66)(H,52,62)(H,53,64)(H,54,65)(H,55,58)(H,56,63)(H,59,60). The minimum absolute atomic E-state index is 0.0148. The van der Waals surface area contributed by atoms with Crippen molar-refractivity contribution in [1.29, 1.82) is 0 Å². The van der Waals surface area contributed by atoms with E-state index in [9.17, 15) is 43.2 Å². The maximum atomic E-state index is 14.5. The van der Waals surface area contributed by atoms with E-state index in [1.54, 1.807) is 88.4 Å². The Labute approximate surface area is 394 Å². The van der Waals surface area contributed by atoms with Crippen LogP contribution >= 0.6 is 0 Å². The summed E-state index contributed by atoms with van der Waals surface area (Å²) in [5.74, 6) is -7.14. The zero-order valence-electron chi connectivity index (χ0n) is 40.1. The Kier molecular flexibility index (Phi) is 21.9. The second kappa shape index (κ2) is 26.7. The van der Waals surface area contributed by atoms with Crippen molar-refractivity contribution in [2.24, 2.45) is 29.4 Å². The van der Waals surface area contributed by atoms with Crippen molar-refractivity contribution in [1.82, 2.24) is 36.8 Å². The predicted molar refractivity (Wildman–Crippen MR) is 251 cm³/mol. The summed E-state index contributed by atoms with van der Waals surface area (Å²) in [5.41, 5.74) is 6.99. The predicted octanol–water partition coefficient (Wildman–Crippen LogP) is 2.13. The highest BCUT2D eigenvalue weighted by molar-refractivity contribution is 5.98. The van der Waals surface area contributed by atoms with Crippen LogP contribution in [0, 0.1) is 23.7 Å². The highest BCUT2D eigenvalue weighted by Gasteiger charge is 2.41. The number of hydrogen-bond acceptors (Lipinski definition) is 9. The Bertz CT molecular complexity index is 2010. The molecule has 0 spiro atoms. The van der Waals surface area contributed by atoms with Gasteiger partial charge in [0.15, 0.2) is 0 Å². The minimum atomic E-state index is -1.24. The van der Waals surface area contributed by atoms with Gasteiger partial charge in [-0.05, 0) is 60.5 Å². The van der Waals surface area contributed by atoms with E-state index in [4.69, 9.17) is 10.8 Å². The van der Waals surface area contributed by atoms with Gasteiger partial charge in [-0.1, -0.05) is 116 Å². The van der Waals surface area contributed by atoms with Crippen molar-refractivity contribution in [3.05, 3.63) is 71.8 Å². The number of carboxylic acids is 1. The van der Waals surface area contributed by atoms with Gasteiger partial charge in [-0.15, -0.1) is 0 Å². The fourth-order valence-electron chi connectivity index (χ4n) is 7.88. The lowest BCUT2D eigenvalue weighted by atomic mass is 9.98. The minimum Gasteiger partial charge on any atom is -0.481 e. The summed E-state index contributed by atoms with van der Waals surface area (Å²) >= 11 is 0. The summed E-state index contributed by atoms with van der Waals surface area (Å²) < 4.78 is 0. The number of nitrogens with two attached hydrogens (primary N) is 1. The zero-order chi connectivity index (χ0) is 50.0. The lowest BCUT2D eigenvalue weighted by Crippen LogP contribution is -2.61. The molecule has 2 aromatic rings. The number of rotatable bonds is 26. The Morgan fingerprint density at radius 2 is 1.03 bits per heavy atom. The van der Waals surface area contributed by atoms with Gasteiger partial charge in [0.25, 0.3) is 0 Å². The van der Waals surface area contributed by atoms with Crippen LogP contribution in [-0.2, 0) is 56.0 Å². The normalized spacial score (nSPS) is 16.3. The molecule has 1 aliphatic heterocycles. The van der Waals surface area contributed by atoms with Crippen molar-refractivity contribution < 1.29 is 48.3 Å². The van der Waals surface area contributed by atoms with E-state index in [2.05, 4.69) is 31.9 Å². The monoisotopic (exact) mass is 933 g/mol. The summed E-state index contributed by atoms with van der Waals surface area (Å²) in [7, 11) is 0. The van der Waals surface area contributed by atoms with Crippen LogP contribution in [0.2, 0.25) is 0 Å². The molecule has 368 valence electrons. The third-order valence-electron chi connectivity index (χ3n) is 11.4. The Balaban J connectivity index is 1.90. The summed E-state index contributed by atoms with van der Waals surface area (Å²) in [6.45, 7) is 14.6. The number of aliphatic carboxylic acids is 1. The first-order valence-corrected chi connectivity index (χ1v) is 23.3. The molecule has 0 aromatic heterocycles. The fourth-order valence-corrected chi connectivity index (χ4v) is 7.88. The Morgan fingerprint density at radius 3 is 1.51 bits per heavy atom. The summed E-state index contributed by atoms with van der Waals surface area (Å²) in [6, 6.07) is 10.2. The van der Waals surface area contributed by atoms with E-state index < -0.39 is 114 Å². The van der Waals surface area contributed by atoms with Gasteiger partial charge >= 0.3 is 5.97 Å². The first-order chi connectivity index (χ1) is 31.6. The topological polar surface area (TPSA) is 275 Å². The third kappa shape index (κ3) is 18.1. The first-order valence-electron chi connectivity index (χ1n) is 23.3. The molecule has 8 amide bonds. The van der Waals surface area contributed by atoms with Crippen LogP contribution in [0.15, 0.2) is 60.7 Å². The quantitative estimate of drug-likeness (QED) is 0.0681. The molecule has 3 rings (SSSR count). The number of amides is 8. The molecule has 18 nitrogen and oxygen atoms in total. The lowest BCUT2D eigenvalue weighted by Gasteiger charge is -2.32. The van der Waals surface area contributed by atoms with E-state index in [1.165, 1.54) is 4.90 Å². The number of nitrogens with one attached hydrogen (secondary N) is 6. The van der Waals surface area contributed by atoms with Crippen molar-refractivity contribution in [2.45, 2.75) is 149 Å². The Morgan fingerprint density at radius 1 is 0.582 bits per heavy atom. The average molecular weight is 933 g/mol. The average Bonchev–Trinajstić information content (AvgIpc) is 3.76. The molecule has 0 saturated carbocycles. The van der Waals surface area contributed by atoms with Crippen molar-refractivity contribution in [3.8, 4) is 0 Å². The van der Waals surface area contributed by atoms with Crippen LogP contribution in [0.4, 0.5) is 0 Å². The van der Waals surface area contributed by atoms with Gasteiger partial charge in [-0.2, -0.15) is 0 Å². The fraction of sp³-hybridized carbons (Fsp3) is 0.571. The number of nitrogens with zero attached hydrogens (tertiary/aromatic N) is 1. The van der Waals surface area contributed by atoms with E-state index in [-0.39, 0.29) is 50.5 Å². The molecular weight excluding hydrogens is 861 g/mol. The number of carbonyl (C=O) groups is 9. The molecule has 1 saturated heterocycles. The van der Waals surface area contributed by atoms with Crippen LogP contribution in [0.1, 0.15) is 105 Å². The zero-order valence-corrected chi connectivity index (χ0v) is 40.1. The van der Waals surface area contributed by atoms with Crippen LogP contribution < -0.4 is 37.6 Å². The van der Waals surface area contributed by atoms with Crippen LogP contribution in [0.5, 0.6) is 0 Å². The second-order valence-corrected chi connectivity index (χ2v) is 18.9. The molecule has 0 bridgehead atoms. The number of benzene rings is 2. The molecular formula is C49H72N8O10. The molecule has 18 heteroatoms. The van der Waals surface area contributed by atoms with Crippen molar-refractivity contribution in [2.75, 3.05) is 6.54 Å². The van der Waals surface area contributed by atoms with Crippen molar-refractivity contribution >= 4 is 53.2 Å². The number of likely N-dealkylation sites (tertiary alicyclic amines) is 1. The Hall–Kier alpha value is -6.33. The highest BCUT2D eigenvalue weighted by Crippen LogP contribution is 2.22. The van der Waals surface area contributed by atoms with Crippen LogP contribution in [0.3, 0.4) is 0 Å². The lowest BCUT2D eigenvalue weighted by molar-refractivity contribution is -0.143. The largest absolute Gasteiger partial charge is 0.481 e. The first kappa shape index (κ1) is 55.0. The molecule has 0 aliphatic carbocycles. The number of carboxylic acid groups (broad SMARTS) is 1. The second-order valence-electron chi connectivity index (χ2n) is 18.9. The smallest absolute Gasteiger partial charge is 0.303 e. The molecule has 1 aliphatic rings. The third-order valence-corrected chi connectivity index (χ3v) is 11.4. The maximum Gasteiger partial charge on any atom is 0.303 e. The van der Waals surface area contributed by atoms with Gasteiger partial charge in [-0.3, -0.25) is 43.2 Å². The molecule has 1 fully saturated rings. The van der Waals surface area contributed by atoms with Gasteiger partial charge < -0.3 is 47.6 Å². The van der Waals surface area contributed by atoms with Gasteiger partial charge in [0.05, 0.1) is 6.42 Å². The van der Waals surface area contributed by atoms with E-state index in [1.807, 2.05) is 27.7 Å². The molecule has 2 aromatic carbocycles. The summed E-state index contributed by atoms with van der Waals surface area (Å²) in [5, 5.41) is 25.5. The molecule has 7 atom stereocenters. The van der Waals surface area contributed by atoms with E-state index >= 15 is 0 Å². The summed E-state index contributed by atoms with van der Waals surface area (Å²) in [4.78, 5) is 122. The molecule has 7 unspecified atom stereocenters.